The summed E-state index contributed by atoms with van der Waals surface area (Å²) in [5.74, 6) is -0.804. The van der Waals surface area contributed by atoms with E-state index in [1.54, 1.807) is 0 Å². The third-order valence-corrected chi connectivity index (χ3v) is 3.48. The van der Waals surface area contributed by atoms with Crippen LogP contribution in [0.5, 0.6) is 17.2 Å². The van der Waals surface area contributed by atoms with Gasteiger partial charge in [0, 0.05) is 6.07 Å². The zero-order valence-corrected chi connectivity index (χ0v) is 12.3. The Bertz CT molecular complexity index is 853. The van der Waals surface area contributed by atoms with E-state index in [1.165, 1.54) is 36.4 Å². The monoisotopic (exact) mass is 336 g/mol. The van der Waals surface area contributed by atoms with Gasteiger partial charge < -0.3 is 14.6 Å². The van der Waals surface area contributed by atoms with Crippen LogP contribution in [0.1, 0.15) is 21.5 Å². The molecule has 1 aliphatic heterocycles. The van der Waals surface area contributed by atoms with Crippen molar-refractivity contribution < 1.29 is 32.5 Å². The highest BCUT2D eigenvalue weighted by molar-refractivity contribution is 6.14. The molecule has 0 aromatic heterocycles. The Morgan fingerprint density at radius 1 is 1.17 bits per heavy atom. The predicted octanol–water partition coefficient (Wildman–Crippen LogP) is 4.04. The van der Waals surface area contributed by atoms with Gasteiger partial charge in [-0.25, -0.2) is 0 Å². The predicted molar refractivity (Wildman–Crippen MR) is 79.0 cm³/mol. The van der Waals surface area contributed by atoms with Crippen LogP contribution in [0.25, 0.3) is 6.08 Å². The van der Waals surface area contributed by atoms with Crippen LogP contribution in [-0.2, 0) is 6.18 Å². The van der Waals surface area contributed by atoms with E-state index in [4.69, 9.17) is 9.47 Å². The van der Waals surface area contributed by atoms with Gasteiger partial charge in [-0.1, -0.05) is 6.07 Å². The molecule has 7 heteroatoms. The van der Waals surface area contributed by atoms with Gasteiger partial charge in [0.25, 0.3) is 0 Å². The number of ether oxygens (including phenoxy) is 2. The quantitative estimate of drug-likeness (QED) is 0.841. The second-order valence-electron chi connectivity index (χ2n) is 5.08. The number of aromatic hydroxyl groups is 1. The third-order valence-electron chi connectivity index (χ3n) is 3.48. The van der Waals surface area contributed by atoms with Crippen molar-refractivity contribution in [1.82, 2.24) is 0 Å². The lowest BCUT2D eigenvalue weighted by Crippen LogP contribution is -2.08. The molecule has 0 radical (unpaired) electrons. The van der Waals surface area contributed by atoms with E-state index in [-0.39, 0.29) is 34.1 Å². The number of benzene rings is 2. The van der Waals surface area contributed by atoms with Crippen LogP contribution < -0.4 is 9.47 Å². The van der Waals surface area contributed by atoms with Crippen LogP contribution in [0.15, 0.2) is 42.2 Å². The summed E-state index contributed by atoms with van der Waals surface area (Å²) in [6.07, 6.45) is -3.37. The van der Waals surface area contributed by atoms with Gasteiger partial charge >= 0.3 is 6.18 Å². The SMILES string of the molecule is COc1ccc(C=C2Oc3cc(O)ccc3C2=O)cc1C(F)(F)F. The number of carbonyl (C=O) groups is 1. The van der Waals surface area contributed by atoms with Crippen molar-refractivity contribution in [2.45, 2.75) is 6.18 Å². The number of carbonyl (C=O) groups excluding carboxylic acids is 1. The number of phenolic OH excluding ortho intramolecular Hbond substituents is 1. The van der Waals surface area contributed by atoms with Gasteiger partial charge in [-0.3, -0.25) is 4.79 Å². The summed E-state index contributed by atoms with van der Waals surface area (Å²) < 4.78 is 49.2. The maximum Gasteiger partial charge on any atom is 0.419 e. The third kappa shape index (κ3) is 2.80. The van der Waals surface area contributed by atoms with Crippen molar-refractivity contribution in [3.63, 3.8) is 0 Å². The minimum atomic E-state index is -4.59. The second kappa shape index (κ2) is 5.59. The van der Waals surface area contributed by atoms with Crippen LogP contribution >= 0.6 is 0 Å². The minimum Gasteiger partial charge on any atom is -0.508 e. The van der Waals surface area contributed by atoms with Crippen LogP contribution in [0.4, 0.5) is 13.2 Å². The van der Waals surface area contributed by atoms with Gasteiger partial charge in [0.15, 0.2) is 5.76 Å². The highest BCUT2D eigenvalue weighted by Gasteiger charge is 2.34. The van der Waals surface area contributed by atoms with E-state index in [0.29, 0.717) is 0 Å². The zero-order chi connectivity index (χ0) is 17.5. The standard InChI is InChI=1S/C17H11F3O4/c1-23-13-5-2-9(6-12(13)17(18,19)20)7-15-16(22)11-4-3-10(21)8-14(11)24-15/h2-8,21H,1H3. The Kier molecular flexibility index (Phi) is 3.71. The molecule has 0 atom stereocenters. The van der Waals surface area contributed by atoms with Gasteiger partial charge in [-0.05, 0) is 35.9 Å². The molecule has 24 heavy (non-hydrogen) atoms. The maximum atomic E-state index is 13.0. The number of allylic oxidation sites excluding steroid dienone is 1. The van der Waals surface area contributed by atoms with Crippen molar-refractivity contribution in [1.29, 1.82) is 0 Å². The molecule has 1 aliphatic rings. The molecule has 4 nitrogen and oxygen atoms in total. The van der Waals surface area contributed by atoms with Crippen molar-refractivity contribution in [2.24, 2.45) is 0 Å². The molecular formula is C17H11F3O4. The molecule has 1 N–H and O–H groups in total. The van der Waals surface area contributed by atoms with Gasteiger partial charge in [-0.15, -0.1) is 0 Å². The summed E-state index contributed by atoms with van der Waals surface area (Å²) in [5.41, 5.74) is -0.563. The Hall–Kier alpha value is -2.96. The summed E-state index contributed by atoms with van der Waals surface area (Å²) in [6, 6.07) is 7.43. The van der Waals surface area contributed by atoms with E-state index in [0.717, 1.165) is 13.2 Å². The first-order valence-electron chi connectivity index (χ1n) is 6.82. The van der Waals surface area contributed by atoms with Gasteiger partial charge in [-0.2, -0.15) is 13.2 Å². The Labute approximate surface area is 134 Å². The van der Waals surface area contributed by atoms with Crippen molar-refractivity contribution in [2.75, 3.05) is 7.11 Å². The van der Waals surface area contributed by atoms with E-state index in [2.05, 4.69) is 0 Å². The largest absolute Gasteiger partial charge is 0.508 e. The molecular weight excluding hydrogens is 325 g/mol. The minimum absolute atomic E-state index is 0.0772. The van der Waals surface area contributed by atoms with Gasteiger partial charge in [0.05, 0.1) is 18.2 Å². The molecule has 0 saturated heterocycles. The van der Waals surface area contributed by atoms with Crippen LogP contribution in [-0.4, -0.2) is 18.0 Å². The number of alkyl halides is 3. The number of ketones is 1. The van der Waals surface area contributed by atoms with E-state index >= 15 is 0 Å². The molecule has 124 valence electrons. The molecule has 2 aromatic carbocycles. The van der Waals surface area contributed by atoms with Crippen molar-refractivity contribution in [3.05, 3.63) is 58.8 Å². The highest BCUT2D eigenvalue weighted by atomic mass is 19.4. The second-order valence-corrected chi connectivity index (χ2v) is 5.08. The average Bonchev–Trinajstić information content (AvgIpc) is 2.82. The lowest BCUT2D eigenvalue weighted by atomic mass is 10.1. The molecule has 0 spiro atoms. The lowest BCUT2D eigenvalue weighted by Gasteiger charge is -2.12. The number of Topliss-reactive ketones (excluding diaryl/α,β-unsaturated/α-hetero) is 1. The Morgan fingerprint density at radius 3 is 2.58 bits per heavy atom. The van der Waals surface area contributed by atoms with Crippen molar-refractivity contribution >= 4 is 11.9 Å². The molecule has 0 fully saturated rings. The molecule has 2 aromatic rings. The van der Waals surface area contributed by atoms with Crippen LogP contribution in [0, 0.1) is 0 Å². The molecule has 0 unspecified atom stereocenters. The molecule has 0 saturated carbocycles. The average molecular weight is 336 g/mol. The van der Waals surface area contributed by atoms with Crippen molar-refractivity contribution in [3.8, 4) is 17.2 Å². The number of phenols is 1. The fourth-order valence-corrected chi connectivity index (χ4v) is 2.36. The molecule has 0 amide bonds. The number of methoxy groups -OCH3 is 1. The Balaban J connectivity index is 2.00. The maximum absolute atomic E-state index is 13.0. The lowest BCUT2D eigenvalue weighted by molar-refractivity contribution is -0.138. The first-order valence-corrected chi connectivity index (χ1v) is 6.82. The molecule has 0 bridgehead atoms. The summed E-state index contributed by atoms with van der Waals surface area (Å²) in [5, 5.41) is 9.39. The van der Waals surface area contributed by atoms with E-state index in [9.17, 15) is 23.1 Å². The number of fused-ring (bicyclic) bond motifs is 1. The van der Waals surface area contributed by atoms with E-state index < -0.39 is 17.5 Å². The summed E-state index contributed by atoms with van der Waals surface area (Å²) in [7, 11) is 1.15. The fraction of sp³-hybridized carbons (Fsp3) is 0.118. The smallest absolute Gasteiger partial charge is 0.419 e. The number of halogens is 3. The Morgan fingerprint density at radius 2 is 1.92 bits per heavy atom. The molecule has 1 heterocycles. The number of hydrogen-bond donors (Lipinski definition) is 1. The molecule has 0 aliphatic carbocycles. The topological polar surface area (TPSA) is 55.8 Å². The zero-order valence-electron chi connectivity index (χ0n) is 12.3. The summed E-state index contributed by atoms with van der Waals surface area (Å²) in [4.78, 5) is 12.2. The van der Waals surface area contributed by atoms with E-state index in [1.807, 2.05) is 0 Å². The summed E-state index contributed by atoms with van der Waals surface area (Å²) in [6.45, 7) is 0. The number of rotatable bonds is 2. The first-order chi connectivity index (χ1) is 11.3. The highest BCUT2D eigenvalue weighted by Crippen LogP contribution is 2.38. The first kappa shape index (κ1) is 15.9. The van der Waals surface area contributed by atoms with Gasteiger partial charge in [0.2, 0.25) is 5.78 Å². The van der Waals surface area contributed by atoms with Gasteiger partial charge in [0.1, 0.15) is 17.2 Å². The fourth-order valence-electron chi connectivity index (χ4n) is 2.36. The normalized spacial score (nSPS) is 15.3. The summed E-state index contributed by atoms with van der Waals surface area (Å²) >= 11 is 0. The van der Waals surface area contributed by atoms with Crippen LogP contribution in [0.3, 0.4) is 0 Å². The number of hydrogen-bond acceptors (Lipinski definition) is 4. The van der Waals surface area contributed by atoms with Crippen LogP contribution in [0.2, 0.25) is 0 Å². The molecule has 3 rings (SSSR count).